The van der Waals surface area contributed by atoms with E-state index >= 15 is 0 Å². The Kier molecular flexibility index (Phi) is 7.58. The van der Waals surface area contributed by atoms with Gasteiger partial charge < -0.3 is 5.11 Å². The summed E-state index contributed by atoms with van der Waals surface area (Å²) in [5, 5.41) is 8.32. The molecule has 0 aromatic heterocycles. The fourth-order valence-corrected chi connectivity index (χ4v) is 1.80. The van der Waals surface area contributed by atoms with E-state index in [4.69, 9.17) is 39.9 Å². The molecule has 0 heterocycles. The van der Waals surface area contributed by atoms with Crippen LogP contribution in [0.1, 0.15) is 6.42 Å². The van der Waals surface area contributed by atoms with Crippen molar-refractivity contribution in [2.45, 2.75) is 15.0 Å². The molecule has 0 radical (unpaired) electrons. The van der Waals surface area contributed by atoms with E-state index in [2.05, 4.69) is 15.9 Å². The predicted octanol–water partition coefficient (Wildman–Crippen LogP) is 3.02. The number of carboxylic acids is 1. The van der Waals surface area contributed by atoms with Crippen molar-refractivity contribution in [1.82, 2.24) is 0 Å². The van der Waals surface area contributed by atoms with E-state index in [9.17, 15) is 4.79 Å². The van der Waals surface area contributed by atoms with Gasteiger partial charge in [0.25, 0.3) is 0 Å². The number of carbonyl (C=O) groups is 1. The Hall–Kier alpha value is 1.11. The summed E-state index contributed by atoms with van der Waals surface area (Å²) in [6.07, 6.45) is -0.0486. The Morgan fingerprint density at radius 1 is 1.55 bits per heavy atom. The van der Waals surface area contributed by atoms with Crippen molar-refractivity contribution in [2.75, 3.05) is 0 Å². The van der Waals surface area contributed by atoms with Gasteiger partial charge in [0.15, 0.2) is 3.79 Å². The molecule has 68 valence electrons. The number of hydrogen-bond acceptors (Lipinski definition) is 1. The Morgan fingerprint density at radius 2 is 1.91 bits per heavy atom. The first-order valence-corrected chi connectivity index (χ1v) is 4.31. The van der Waals surface area contributed by atoms with Crippen LogP contribution in [0.4, 0.5) is 0 Å². The van der Waals surface area contributed by atoms with Crippen molar-refractivity contribution in [3.8, 4) is 0 Å². The van der Waals surface area contributed by atoms with Crippen molar-refractivity contribution >= 4 is 69.1 Å². The number of aliphatic carboxylic acids is 1. The van der Waals surface area contributed by atoms with Crippen LogP contribution in [-0.2, 0) is 4.79 Å². The zero-order valence-electron chi connectivity index (χ0n) is 5.06. The minimum atomic E-state index is -1.51. The number of alkyl halides is 4. The number of hydrogen-bond donors (Lipinski definition) is 1. The van der Waals surface area contributed by atoms with Gasteiger partial charge in [0.2, 0.25) is 0 Å². The third-order valence-electron chi connectivity index (χ3n) is 0.679. The highest BCUT2D eigenvalue weighted by Crippen LogP contribution is 2.33. The quantitative estimate of drug-likeness (QED) is 0.796. The average Bonchev–Trinajstić information content (AvgIpc) is 1.60. The van der Waals surface area contributed by atoms with Crippen LogP contribution in [-0.4, -0.2) is 19.7 Å². The molecule has 0 aromatic carbocycles. The lowest BCUT2D eigenvalue weighted by Gasteiger charge is -2.11. The maximum atomic E-state index is 10.2. The van der Waals surface area contributed by atoms with Gasteiger partial charge in [0.05, 0.1) is 0 Å². The van der Waals surface area contributed by atoms with Crippen LogP contribution < -0.4 is 0 Å². The largest absolute Gasteiger partial charge is 0.480 e. The predicted molar refractivity (Wildman–Crippen MR) is 52.5 cm³/mol. The molecule has 0 fully saturated rings. The summed E-state index contributed by atoms with van der Waals surface area (Å²) in [5.74, 6) is -1.04. The maximum absolute atomic E-state index is 10.2. The summed E-state index contributed by atoms with van der Waals surface area (Å²) >= 11 is 18.8. The van der Waals surface area contributed by atoms with Crippen LogP contribution in [0.25, 0.3) is 0 Å². The lowest BCUT2D eigenvalue weighted by atomic mass is 10.3. The van der Waals surface area contributed by atoms with Gasteiger partial charge in [-0.25, -0.2) is 0 Å². The molecule has 0 saturated carbocycles. The van der Waals surface area contributed by atoms with Gasteiger partial charge in [0.1, 0.15) is 4.83 Å². The maximum Gasteiger partial charge on any atom is 0.317 e. The van der Waals surface area contributed by atoms with Gasteiger partial charge in [-0.2, -0.15) is 0 Å². The van der Waals surface area contributed by atoms with Gasteiger partial charge in [-0.1, -0.05) is 50.7 Å². The first-order chi connectivity index (χ1) is 4.33. The first kappa shape index (κ1) is 14.6. The summed E-state index contributed by atoms with van der Waals surface area (Å²) in [7, 11) is 0. The van der Waals surface area contributed by atoms with E-state index in [-0.39, 0.29) is 18.8 Å². The van der Waals surface area contributed by atoms with Gasteiger partial charge in [-0.3, -0.25) is 4.79 Å². The summed E-state index contributed by atoms with van der Waals surface area (Å²) in [5.41, 5.74) is 0. The van der Waals surface area contributed by atoms with Crippen LogP contribution in [0, 0.1) is 0 Å². The third kappa shape index (κ3) is 9.02. The topological polar surface area (TPSA) is 37.3 Å². The Morgan fingerprint density at radius 3 is 2.00 bits per heavy atom. The fraction of sp³-hybridized carbons (Fsp3) is 0.750. The highest BCUT2D eigenvalue weighted by atomic mass is 79.9. The molecule has 0 rings (SSSR count). The highest BCUT2D eigenvalue weighted by molar-refractivity contribution is 9.10. The molecule has 0 bridgehead atoms. The molecule has 0 aliphatic carbocycles. The lowest BCUT2D eigenvalue weighted by molar-refractivity contribution is -0.136. The smallest absolute Gasteiger partial charge is 0.317 e. The highest BCUT2D eigenvalue weighted by Gasteiger charge is 2.27. The van der Waals surface area contributed by atoms with Gasteiger partial charge >= 0.3 is 5.97 Å². The summed E-state index contributed by atoms with van der Waals surface area (Å²) in [4.78, 5) is 9.35. The Labute approximate surface area is 93.7 Å². The minimum Gasteiger partial charge on any atom is -0.480 e. The normalized spacial score (nSPS) is 13.5. The molecule has 0 saturated heterocycles. The fourth-order valence-electron chi connectivity index (χ4n) is 0.291. The minimum absolute atomic E-state index is 0. The van der Waals surface area contributed by atoms with Crippen molar-refractivity contribution in [2.24, 2.45) is 0 Å². The van der Waals surface area contributed by atoms with Crippen molar-refractivity contribution in [3.63, 3.8) is 0 Å². The molecule has 0 amide bonds. The molecule has 1 N–H and O–H groups in total. The van der Waals surface area contributed by atoms with E-state index in [1.807, 2.05) is 0 Å². The molecule has 0 aliphatic heterocycles. The van der Waals surface area contributed by atoms with Crippen molar-refractivity contribution in [1.29, 1.82) is 0 Å². The second-order valence-electron chi connectivity index (χ2n) is 1.63. The second kappa shape index (κ2) is 5.70. The van der Waals surface area contributed by atoms with Gasteiger partial charge in [-0.05, 0) is 0 Å². The zero-order valence-corrected chi connectivity index (χ0v) is 9.73. The lowest BCUT2D eigenvalue weighted by Crippen LogP contribution is -2.19. The Bertz CT molecular complexity index is 135. The Balaban J connectivity index is 0. The summed E-state index contributed by atoms with van der Waals surface area (Å²) in [6, 6.07) is 0. The van der Waals surface area contributed by atoms with E-state index in [0.29, 0.717) is 0 Å². The number of halogens is 5. The van der Waals surface area contributed by atoms with E-state index in [1.54, 1.807) is 0 Å². The molecule has 7 heteroatoms. The van der Waals surface area contributed by atoms with Crippen molar-refractivity contribution in [3.05, 3.63) is 0 Å². The molecule has 1 unspecified atom stereocenters. The van der Waals surface area contributed by atoms with Crippen molar-refractivity contribution < 1.29 is 9.90 Å². The molecule has 0 spiro atoms. The van der Waals surface area contributed by atoms with Crippen LogP contribution in [0.5, 0.6) is 0 Å². The standard InChI is InChI=1S/C4H4BrCl3O2.ClH/c5-2(3(9)10)1-4(6,7)8;/h2H,1H2,(H,9,10);1H. The molecule has 11 heavy (non-hydrogen) atoms. The SMILES string of the molecule is Cl.O=C(O)C(Br)CC(Cl)(Cl)Cl. The van der Waals surface area contributed by atoms with E-state index in [1.165, 1.54) is 0 Å². The average molecular weight is 307 g/mol. The van der Waals surface area contributed by atoms with E-state index in [0.717, 1.165) is 0 Å². The number of rotatable bonds is 2. The summed E-state index contributed by atoms with van der Waals surface area (Å²) < 4.78 is -1.51. The third-order valence-corrected chi connectivity index (χ3v) is 1.86. The molecule has 2 nitrogen and oxygen atoms in total. The van der Waals surface area contributed by atoms with E-state index < -0.39 is 14.6 Å². The van der Waals surface area contributed by atoms with Crippen LogP contribution >= 0.6 is 63.1 Å². The molecule has 0 aromatic rings. The zero-order chi connectivity index (χ0) is 8.36. The van der Waals surface area contributed by atoms with Gasteiger partial charge in [0, 0.05) is 6.42 Å². The van der Waals surface area contributed by atoms with Gasteiger partial charge in [-0.15, -0.1) is 12.4 Å². The first-order valence-electron chi connectivity index (χ1n) is 2.26. The van der Waals surface area contributed by atoms with Crippen LogP contribution in [0.3, 0.4) is 0 Å². The number of carboxylic acid groups (broad SMARTS) is 1. The molecule has 0 aliphatic rings. The summed E-state index contributed by atoms with van der Waals surface area (Å²) in [6.45, 7) is 0. The van der Waals surface area contributed by atoms with Crippen LogP contribution in [0.15, 0.2) is 0 Å². The molecule has 1 atom stereocenters. The molecular formula is C4H5BrCl4O2. The molecular weight excluding hydrogens is 302 g/mol. The monoisotopic (exact) mass is 304 g/mol. The second-order valence-corrected chi connectivity index (χ2v) is 5.25. The van der Waals surface area contributed by atoms with Crippen LogP contribution in [0.2, 0.25) is 0 Å².